The molecule has 2 unspecified atom stereocenters. The van der Waals surface area contributed by atoms with Gasteiger partial charge in [0, 0.05) is 49.4 Å². The largest absolute Gasteiger partial charge is 0.360 e. The summed E-state index contributed by atoms with van der Waals surface area (Å²) in [6.45, 7) is 3.08. The van der Waals surface area contributed by atoms with Gasteiger partial charge in [0.2, 0.25) is 0 Å². The maximum Gasteiger partial charge on any atom is 0.295 e. The second-order valence-electron chi connectivity index (χ2n) is 10.2. The minimum absolute atomic E-state index is 0.0430. The van der Waals surface area contributed by atoms with E-state index in [-0.39, 0.29) is 53.0 Å². The normalized spacial score (nSPS) is 19.8. The Morgan fingerprint density at radius 1 is 0.895 bits per heavy atom. The first-order valence-electron chi connectivity index (χ1n) is 13.1. The third kappa shape index (κ3) is 4.92. The fourth-order valence-electron chi connectivity index (χ4n) is 5.49. The molecule has 2 aliphatic rings. The monoisotopic (exact) mass is 518 g/mol. The van der Waals surface area contributed by atoms with Crippen molar-refractivity contribution in [3.05, 3.63) is 71.2 Å². The van der Waals surface area contributed by atoms with E-state index in [0.717, 1.165) is 31.7 Å². The van der Waals surface area contributed by atoms with E-state index >= 15 is 0 Å². The first-order valence-corrected chi connectivity index (χ1v) is 13.1. The minimum atomic E-state index is -0.851. The van der Waals surface area contributed by atoms with Gasteiger partial charge < -0.3 is 20.1 Å². The number of Topliss-reactive ketones (excluding diaryl/α,β-unsaturated/α-hetero) is 1. The van der Waals surface area contributed by atoms with E-state index in [1.54, 1.807) is 29.2 Å². The molecule has 1 aromatic heterocycles. The van der Waals surface area contributed by atoms with Gasteiger partial charge in [-0.25, -0.2) is 4.39 Å². The average molecular weight is 519 g/mol. The van der Waals surface area contributed by atoms with Crippen molar-refractivity contribution < 1.29 is 23.6 Å². The summed E-state index contributed by atoms with van der Waals surface area (Å²) in [5.74, 6) is -2.40. The Hall–Kier alpha value is -4.01. The van der Waals surface area contributed by atoms with Crippen molar-refractivity contribution in [2.24, 2.45) is 5.92 Å². The molecule has 2 heterocycles. The Bertz CT molecular complexity index is 1380. The summed E-state index contributed by atoms with van der Waals surface area (Å²) in [5, 5.41) is 3.00. The molecule has 9 heteroatoms. The predicted molar refractivity (Wildman–Crippen MR) is 140 cm³/mol. The highest BCUT2D eigenvalue weighted by molar-refractivity contribution is 6.45. The number of fused-ring (bicyclic) bond motifs is 1. The predicted octanol–water partition coefficient (Wildman–Crippen LogP) is 3.78. The molecule has 2 fully saturated rings. The number of piperazine rings is 1. The summed E-state index contributed by atoms with van der Waals surface area (Å²) in [4.78, 5) is 57.9. The number of rotatable bonds is 5. The molecule has 38 heavy (non-hydrogen) atoms. The highest BCUT2D eigenvalue weighted by Crippen LogP contribution is 2.28. The van der Waals surface area contributed by atoms with E-state index in [1.165, 1.54) is 17.2 Å². The summed E-state index contributed by atoms with van der Waals surface area (Å²) in [5.41, 5.74) is 0.889. The molecular formula is C29H31FN4O4. The first kappa shape index (κ1) is 25.6. The van der Waals surface area contributed by atoms with Gasteiger partial charge in [-0.2, -0.15) is 0 Å². The number of H-pyrrole nitrogens is 1. The van der Waals surface area contributed by atoms with E-state index in [0.29, 0.717) is 24.6 Å². The highest BCUT2D eigenvalue weighted by atomic mass is 19.1. The van der Waals surface area contributed by atoms with E-state index in [4.69, 9.17) is 0 Å². The van der Waals surface area contributed by atoms with Crippen LogP contribution in [-0.4, -0.2) is 70.5 Å². The molecule has 0 bridgehead atoms. The molecule has 1 saturated carbocycles. The highest BCUT2D eigenvalue weighted by Gasteiger charge is 2.32. The van der Waals surface area contributed by atoms with Crippen LogP contribution in [0.25, 0.3) is 10.9 Å². The number of aromatic amines is 1. The summed E-state index contributed by atoms with van der Waals surface area (Å²) in [7, 11) is 0. The number of ketones is 1. The molecular weight excluding hydrogens is 487 g/mol. The molecule has 1 aliphatic heterocycles. The molecule has 1 aliphatic carbocycles. The molecule has 198 valence electrons. The number of nitrogens with zero attached hydrogens (tertiary/aromatic N) is 2. The number of carbonyl (C=O) groups is 4. The zero-order chi connectivity index (χ0) is 26.8. The Kier molecular flexibility index (Phi) is 7.26. The van der Waals surface area contributed by atoms with Gasteiger partial charge in [-0.1, -0.05) is 38.0 Å². The molecule has 5 rings (SSSR count). The van der Waals surface area contributed by atoms with Crippen LogP contribution in [-0.2, 0) is 4.79 Å². The Balaban J connectivity index is 1.30. The van der Waals surface area contributed by atoms with Crippen LogP contribution in [0.15, 0.2) is 48.7 Å². The fourth-order valence-corrected chi connectivity index (χ4v) is 5.49. The quantitative estimate of drug-likeness (QED) is 0.396. The average Bonchev–Trinajstić information content (AvgIpc) is 3.40. The smallest absolute Gasteiger partial charge is 0.295 e. The number of carbonyl (C=O) groups excluding carboxylic acids is 4. The molecule has 3 amide bonds. The second-order valence-corrected chi connectivity index (χ2v) is 10.2. The zero-order valence-corrected chi connectivity index (χ0v) is 21.3. The molecule has 8 nitrogen and oxygen atoms in total. The molecule has 0 radical (unpaired) electrons. The fraction of sp³-hybridized carbons (Fsp3) is 0.379. The zero-order valence-electron chi connectivity index (χ0n) is 21.3. The van der Waals surface area contributed by atoms with Gasteiger partial charge in [-0.15, -0.1) is 0 Å². The van der Waals surface area contributed by atoms with E-state index in [1.807, 2.05) is 6.07 Å². The number of amides is 3. The van der Waals surface area contributed by atoms with Crippen LogP contribution in [0.5, 0.6) is 0 Å². The first-order chi connectivity index (χ1) is 18.3. The molecule has 2 N–H and O–H groups in total. The molecule has 1 saturated heterocycles. The van der Waals surface area contributed by atoms with Gasteiger partial charge in [0.1, 0.15) is 5.82 Å². The van der Waals surface area contributed by atoms with Gasteiger partial charge in [-0.3, -0.25) is 19.2 Å². The van der Waals surface area contributed by atoms with Crippen molar-refractivity contribution in [3.63, 3.8) is 0 Å². The Labute approximate surface area is 220 Å². The van der Waals surface area contributed by atoms with Crippen molar-refractivity contribution >= 4 is 34.4 Å². The molecule has 2 atom stereocenters. The molecule has 0 spiro atoms. The van der Waals surface area contributed by atoms with Gasteiger partial charge in [0.25, 0.3) is 23.5 Å². The van der Waals surface area contributed by atoms with Crippen molar-refractivity contribution in [2.75, 3.05) is 26.2 Å². The summed E-state index contributed by atoms with van der Waals surface area (Å²) < 4.78 is 14.9. The Morgan fingerprint density at radius 2 is 1.58 bits per heavy atom. The minimum Gasteiger partial charge on any atom is -0.360 e. The van der Waals surface area contributed by atoms with Crippen molar-refractivity contribution in [1.29, 1.82) is 0 Å². The Morgan fingerprint density at radius 3 is 2.29 bits per heavy atom. The van der Waals surface area contributed by atoms with Crippen LogP contribution >= 0.6 is 0 Å². The van der Waals surface area contributed by atoms with E-state index in [2.05, 4.69) is 17.2 Å². The number of nitrogens with one attached hydrogen (secondary N) is 2. The number of aromatic nitrogens is 1. The standard InChI is InChI=1S/C29H31FN4O4/c1-18-7-5-6-10-23(18)32-27(36)20-11-12-22(30)24-21(17-31-25(20)24)26(35)29(38)34-15-13-33(14-16-34)28(37)19-8-3-2-4-9-19/h2-4,8-9,11-12,17-18,23,31H,5-7,10,13-16H2,1H3,(H,32,36). The van der Waals surface area contributed by atoms with E-state index < -0.39 is 17.5 Å². The van der Waals surface area contributed by atoms with Gasteiger partial charge in [-0.05, 0) is 43.0 Å². The number of hydrogen-bond acceptors (Lipinski definition) is 4. The summed E-state index contributed by atoms with van der Waals surface area (Å²) >= 11 is 0. The molecule has 3 aromatic rings. The van der Waals surface area contributed by atoms with Gasteiger partial charge in [0.05, 0.1) is 16.6 Å². The van der Waals surface area contributed by atoms with Crippen LogP contribution < -0.4 is 5.32 Å². The van der Waals surface area contributed by atoms with Crippen LogP contribution in [0, 0.1) is 11.7 Å². The maximum absolute atomic E-state index is 14.9. The van der Waals surface area contributed by atoms with Crippen LogP contribution in [0.1, 0.15) is 63.7 Å². The van der Waals surface area contributed by atoms with Gasteiger partial charge >= 0.3 is 0 Å². The van der Waals surface area contributed by atoms with E-state index in [9.17, 15) is 23.6 Å². The van der Waals surface area contributed by atoms with Gasteiger partial charge in [0.15, 0.2) is 0 Å². The second kappa shape index (κ2) is 10.8. The van der Waals surface area contributed by atoms with Crippen molar-refractivity contribution in [1.82, 2.24) is 20.1 Å². The lowest BCUT2D eigenvalue weighted by atomic mass is 9.86. The SMILES string of the molecule is CC1CCCCC1NC(=O)c1ccc(F)c2c(C(=O)C(=O)N3CCN(C(=O)c4ccccc4)CC3)c[nH]c12. The maximum atomic E-state index is 14.9. The van der Waals surface area contributed by atoms with Crippen LogP contribution in [0.3, 0.4) is 0 Å². The van der Waals surface area contributed by atoms with Crippen LogP contribution in [0.2, 0.25) is 0 Å². The molecule has 2 aromatic carbocycles. The lowest BCUT2D eigenvalue weighted by Crippen LogP contribution is -2.52. The van der Waals surface area contributed by atoms with Crippen LogP contribution in [0.4, 0.5) is 4.39 Å². The topological polar surface area (TPSA) is 103 Å². The van der Waals surface area contributed by atoms with Crippen molar-refractivity contribution in [3.8, 4) is 0 Å². The number of benzene rings is 2. The van der Waals surface area contributed by atoms with Crippen molar-refractivity contribution in [2.45, 2.75) is 38.6 Å². The lowest BCUT2D eigenvalue weighted by Gasteiger charge is -2.34. The summed E-state index contributed by atoms with van der Waals surface area (Å²) in [6.07, 6.45) is 5.42. The number of hydrogen-bond donors (Lipinski definition) is 2. The third-order valence-corrected chi connectivity index (χ3v) is 7.77. The lowest BCUT2D eigenvalue weighted by molar-refractivity contribution is -0.127. The number of halogens is 1. The third-order valence-electron chi connectivity index (χ3n) is 7.77. The summed E-state index contributed by atoms with van der Waals surface area (Å²) in [6, 6.07) is 11.5.